The zero-order valence-electron chi connectivity index (χ0n) is 14.0. The molecule has 12 heteroatoms. The number of amides is 3. The third kappa shape index (κ3) is 6.08. The summed E-state index contributed by atoms with van der Waals surface area (Å²) in [4.78, 5) is 30.7. The average molecular weight is 380 g/mol. The van der Waals surface area contributed by atoms with Crippen LogP contribution >= 0.6 is 0 Å². The Kier molecular flexibility index (Phi) is 6.57. The first-order valence-corrected chi connectivity index (χ1v) is 9.42. The number of carbonyl (C=O) groups excluding carboxylic acids is 2. The molecule has 1 aliphatic carbocycles. The number of hydrogen-bond donors (Lipinski definition) is 4. The van der Waals surface area contributed by atoms with Gasteiger partial charge >= 0.3 is 16.4 Å². The minimum atomic E-state index is -4.81. The number of likely N-dealkylation sites (tertiary alicyclic amines) is 1. The summed E-state index contributed by atoms with van der Waals surface area (Å²) in [5.41, 5.74) is 4.02. The first kappa shape index (κ1) is 19.8. The third-order valence-electron chi connectivity index (χ3n) is 4.36. The molecule has 2 fully saturated rings. The van der Waals surface area contributed by atoms with Crippen LogP contribution in [0, 0.1) is 5.41 Å². The number of carbonyl (C=O) groups is 2. The van der Waals surface area contributed by atoms with Crippen LogP contribution in [0.2, 0.25) is 0 Å². The van der Waals surface area contributed by atoms with E-state index in [1.54, 1.807) is 5.48 Å². The summed E-state index contributed by atoms with van der Waals surface area (Å²) in [6.45, 7) is 1.43. The predicted octanol–water partition coefficient (Wildman–Crippen LogP) is -0.668. The summed E-state index contributed by atoms with van der Waals surface area (Å²) in [5, 5.41) is 3.08. The fourth-order valence-corrected chi connectivity index (χ4v) is 3.02. The highest BCUT2D eigenvalue weighted by atomic mass is 32.3. The lowest BCUT2D eigenvalue weighted by Crippen LogP contribution is -2.55. The van der Waals surface area contributed by atoms with Crippen LogP contribution in [0.4, 0.5) is 4.79 Å². The molecule has 0 aromatic carbocycles. The van der Waals surface area contributed by atoms with Gasteiger partial charge in [0.05, 0.1) is 6.61 Å². The Morgan fingerprint density at radius 1 is 1.28 bits per heavy atom. The molecule has 0 aromatic heterocycles. The van der Waals surface area contributed by atoms with Crippen molar-refractivity contribution in [3.63, 3.8) is 0 Å². The number of nitrogens with zero attached hydrogens (tertiary/aromatic N) is 1. The minimum absolute atomic E-state index is 0.0506. The molecule has 0 spiro atoms. The fraction of sp³-hybridized carbons (Fsp3) is 0.846. The van der Waals surface area contributed by atoms with Gasteiger partial charge in [0, 0.05) is 18.5 Å². The Morgan fingerprint density at radius 2 is 2.00 bits per heavy atom. The summed E-state index contributed by atoms with van der Waals surface area (Å²) in [7, 11) is -2.96. The highest BCUT2D eigenvalue weighted by Crippen LogP contribution is 2.44. The van der Waals surface area contributed by atoms with E-state index in [1.165, 1.54) is 0 Å². The number of hydrogen-bond acceptors (Lipinski definition) is 7. The van der Waals surface area contributed by atoms with Gasteiger partial charge in [0.1, 0.15) is 6.04 Å². The molecular formula is C13H24N4O7S. The summed E-state index contributed by atoms with van der Waals surface area (Å²) in [6, 6.07) is -1.73. The second-order valence-electron chi connectivity index (χ2n) is 6.41. The largest absolute Gasteiger partial charge is 0.418 e. The molecule has 1 saturated heterocycles. The van der Waals surface area contributed by atoms with E-state index in [2.05, 4.69) is 15.1 Å². The predicted molar refractivity (Wildman–Crippen MR) is 85.2 cm³/mol. The van der Waals surface area contributed by atoms with Gasteiger partial charge < -0.3 is 10.2 Å². The molecule has 11 nitrogen and oxygen atoms in total. The molecule has 0 unspecified atom stereocenters. The molecule has 25 heavy (non-hydrogen) atoms. The SMILES string of the molecule is CNCC1(CONC(=O)[C@@H]2CCCCN2C(=O)NOS(=O)(=O)O)CC1. The molecular weight excluding hydrogens is 356 g/mol. The standard InChI is InChI=1S/C13H24N4O7S/c1-14-8-13(5-6-13)9-23-15-11(18)10-4-2-3-7-17(10)12(19)16-24-25(20,21)22/h10,14H,2-9H2,1H3,(H,15,18)(H,16,19)(H,20,21,22)/t10-/m0/s1. The maximum absolute atomic E-state index is 12.3. The van der Waals surface area contributed by atoms with Gasteiger partial charge in [-0.1, -0.05) is 0 Å². The Labute approximate surface area is 146 Å². The van der Waals surface area contributed by atoms with E-state index >= 15 is 0 Å². The van der Waals surface area contributed by atoms with Crippen LogP contribution in [-0.4, -0.2) is 62.6 Å². The molecule has 0 aromatic rings. The first-order valence-electron chi connectivity index (χ1n) is 8.05. The molecule has 1 atom stereocenters. The van der Waals surface area contributed by atoms with E-state index in [-0.39, 0.29) is 12.0 Å². The average Bonchev–Trinajstić information content (AvgIpc) is 3.32. The quantitative estimate of drug-likeness (QED) is 0.320. The van der Waals surface area contributed by atoms with Gasteiger partial charge in [0.25, 0.3) is 5.91 Å². The Balaban J connectivity index is 1.84. The van der Waals surface area contributed by atoms with Crippen molar-refractivity contribution < 1.29 is 31.7 Å². The lowest BCUT2D eigenvalue weighted by atomic mass is 10.0. The Bertz CT molecular complexity index is 593. The van der Waals surface area contributed by atoms with Crippen LogP contribution in [0.5, 0.6) is 0 Å². The van der Waals surface area contributed by atoms with E-state index in [4.69, 9.17) is 9.39 Å². The van der Waals surface area contributed by atoms with Crippen molar-refractivity contribution in [3.05, 3.63) is 0 Å². The highest BCUT2D eigenvalue weighted by Gasteiger charge is 2.43. The molecule has 0 bridgehead atoms. The van der Waals surface area contributed by atoms with Gasteiger partial charge in [-0.15, -0.1) is 4.28 Å². The van der Waals surface area contributed by atoms with Crippen molar-refractivity contribution in [2.24, 2.45) is 5.41 Å². The molecule has 4 N–H and O–H groups in total. The van der Waals surface area contributed by atoms with Crippen molar-refractivity contribution >= 4 is 22.3 Å². The zero-order chi connectivity index (χ0) is 18.5. The summed E-state index contributed by atoms with van der Waals surface area (Å²) >= 11 is 0. The van der Waals surface area contributed by atoms with Crippen molar-refractivity contribution in [1.82, 2.24) is 21.2 Å². The van der Waals surface area contributed by atoms with Gasteiger partial charge in [-0.25, -0.2) is 10.3 Å². The number of hydroxylamine groups is 2. The van der Waals surface area contributed by atoms with Crippen molar-refractivity contribution in [2.75, 3.05) is 26.7 Å². The van der Waals surface area contributed by atoms with E-state index in [1.807, 2.05) is 7.05 Å². The van der Waals surface area contributed by atoms with Crippen LogP contribution in [0.3, 0.4) is 0 Å². The number of nitrogens with one attached hydrogen (secondary N) is 3. The maximum Gasteiger partial charge on any atom is 0.418 e. The third-order valence-corrected chi connectivity index (χ3v) is 4.65. The van der Waals surface area contributed by atoms with Gasteiger partial charge in [-0.3, -0.25) is 14.2 Å². The van der Waals surface area contributed by atoms with Crippen molar-refractivity contribution in [2.45, 2.75) is 38.1 Å². The minimum Gasteiger partial charge on any atom is -0.319 e. The maximum atomic E-state index is 12.3. The molecule has 1 aliphatic heterocycles. The topological polar surface area (TPSA) is 146 Å². The summed E-state index contributed by atoms with van der Waals surface area (Å²) in [6.07, 6.45) is 3.86. The molecule has 1 heterocycles. The van der Waals surface area contributed by atoms with Crippen LogP contribution in [0.25, 0.3) is 0 Å². The van der Waals surface area contributed by atoms with E-state index < -0.39 is 28.4 Å². The molecule has 2 aliphatic rings. The second kappa shape index (κ2) is 8.27. The zero-order valence-corrected chi connectivity index (χ0v) is 14.8. The lowest BCUT2D eigenvalue weighted by molar-refractivity contribution is -0.140. The first-order chi connectivity index (χ1) is 11.8. The van der Waals surface area contributed by atoms with Gasteiger partial charge in [-0.2, -0.15) is 13.9 Å². The van der Waals surface area contributed by atoms with Crippen LogP contribution in [-0.2, 0) is 24.3 Å². The van der Waals surface area contributed by atoms with E-state index in [0.29, 0.717) is 19.4 Å². The molecule has 144 valence electrons. The molecule has 2 rings (SSSR count). The van der Waals surface area contributed by atoms with Crippen LogP contribution in [0.15, 0.2) is 0 Å². The lowest BCUT2D eigenvalue weighted by Gasteiger charge is -2.34. The Morgan fingerprint density at radius 3 is 2.60 bits per heavy atom. The van der Waals surface area contributed by atoms with Crippen molar-refractivity contribution in [1.29, 1.82) is 0 Å². The van der Waals surface area contributed by atoms with Gasteiger partial charge in [0.2, 0.25) is 0 Å². The molecule has 0 radical (unpaired) electrons. The molecule has 3 amide bonds. The van der Waals surface area contributed by atoms with E-state index in [0.717, 1.165) is 30.7 Å². The van der Waals surface area contributed by atoms with Crippen LogP contribution in [0.1, 0.15) is 32.1 Å². The van der Waals surface area contributed by atoms with Crippen molar-refractivity contribution in [3.8, 4) is 0 Å². The van der Waals surface area contributed by atoms with Crippen LogP contribution < -0.4 is 16.3 Å². The molecule has 1 saturated carbocycles. The normalized spacial score (nSPS) is 22.3. The number of rotatable bonds is 8. The monoisotopic (exact) mass is 380 g/mol. The van der Waals surface area contributed by atoms with Gasteiger partial charge in [0.15, 0.2) is 0 Å². The smallest absolute Gasteiger partial charge is 0.319 e. The fourth-order valence-electron chi connectivity index (χ4n) is 2.85. The number of urea groups is 1. The summed E-state index contributed by atoms with van der Waals surface area (Å²) in [5.74, 6) is -0.484. The second-order valence-corrected chi connectivity index (χ2v) is 7.43. The van der Waals surface area contributed by atoms with Gasteiger partial charge in [-0.05, 0) is 39.2 Å². The van der Waals surface area contributed by atoms with E-state index in [9.17, 15) is 18.0 Å². The summed E-state index contributed by atoms with van der Waals surface area (Å²) < 4.78 is 33.4. The number of piperidine rings is 1. The Hall–Kier alpha value is -1.47. The highest BCUT2D eigenvalue weighted by molar-refractivity contribution is 7.80.